The number of ether oxygens (including phenoxy) is 1. The molecule has 1 aliphatic heterocycles. The van der Waals surface area contributed by atoms with Crippen molar-refractivity contribution in [2.75, 3.05) is 37.7 Å². The largest absolute Gasteiger partial charge is 0.368 e. The summed E-state index contributed by atoms with van der Waals surface area (Å²) in [5.41, 5.74) is 1.96. The van der Waals surface area contributed by atoms with Crippen molar-refractivity contribution in [1.82, 2.24) is 20.0 Å². The second-order valence-corrected chi connectivity index (χ2v) is 6.45. The summed E-state index contributed by atoms with van der Waals surface area (Å²) >= 11 is 0. The van der Waals surface area contributed by atoms with Crippen molar-refractivity contribution in [3.63, 3.8) is 0 Å². The van der Waals surface area contributed by atoms with Crippen LogP contribution in [-0.4, -0.2) is 58.7 Å². The fraction of sp³-hybridized carbons (Fsp3) is 0.300. The maximum atomic E-state index is 12.4. The SMILES string of the molecule is O=C(COCc1nc(-c2cccnc2)no1)N1CCN(c2ccccc2)CC1. The van der Waals surface area contributed by atoms with Crippen LogP contribution in [0, 0.1) is 0 Å². The third kappa shape index (κ3) is 4.34. The van der Waals surface area contributed by atoms with Crippen molar-refractivity contribution in [3.05, 3.63) is 60.7 Å². The van der Waals surface area contributed by atoms with E-state index in [-0.39, 0.29) is 19.1 Å². The summed E-state index contributed by atoms with van der Waals surface area (Å²) in [4.78, 5) is 24.8. The van der Waals surface area contributed by atoms with Gasteiger partial charge in [-0.2, -0.15) is 4.98 Å². The number of aromatic nitrogens is 3. The van der Waals surface area contributed by atoms with Crippen LogP contribution in [0.4, 0.5) is 5.69 Å². The van der Waals surface area contributed by atoms with Crippen molar-refractivity contribution < 1.29 is 14.1 Å². The molecule has 0 atom stereocenters. The summed E-state index contributed by atoms with van der Waals surface area (Å²) in [6.45, 7) is 3.09. The molecule has 3 heterocycles. The number of para-hydroxylation sites is 1. The maximum Gasteiger partial charge on any atom is 0.252 e. The molecule has 8 heteroatoms. The second kappa shape index (κ2) is 8.62. The normalized spacial score (nSPS) is 14.3. The maximum absolute atomic E-state index is 12.4. The van der Waals surface area contributed by atoms with Crippen LogP contribution in [0.2, 0.25) is 0 Å². The molecule has 1 fully saturated rings. The van der Waals surface area contributed by atoms with E-state index in [4.69, 9.17) is 9.26 Å². The van der Waals surface area contributed by atoms with Gasteiger partial charge in [-0.25, -0.2) is 0 Å². The summed E-state index contributed by atoms with van der Waals surface area (Å²) < 4.78 is 10.6. The Kier molecular flexibility index (Phi) is 5.58. The molecule has 8 nitrogen and oxygen atoms in total. The van der Waals surface area contributed by atoms with Crippen molar-refractivity contribution >= 4 is 11.6 Å². The van der Waals surface area contributed by atoms with Gasteiger partial charge in [-0.3, -0.25) is 9.78 Å². The van der Waals surface area contributed by atoms with Crippen LogP contribution < -0.4 is 4.90 Å². The van der Waals surface area contributed by atoms with E-state index in [1.165, 1.54) is 5.69 Å². The highest BCUT2D eigenvalue weighted by atomic mass is 16.5. The standard InChI is InChI=1S/C20H21N5O3/c26-19(25-11-9-24(10-12-25)17-6-2-1-3-7-17)15-27-14-18-22-20(23-28-18)16-5-4-8-21-13-16/h1-8,13H,9-12,14-15H2. The van der Waals surface area contributed by atoms with Crippen molar-refractivity contribution in [1.29, 1.82) is 0 Å². The molecule has 1 aromatic carbocycles. The minimum Gasteiger partial charge on any atom is -0.368 e. The van der Waals surface area contributed by atoms with Crippen molar-refractivity contribution in [2.24, 2.45) is 0 Å². The van der Waals surface area contributed by atoms with Gasteiger partial charge in [-0.15, -0.1) is 0 Å². The Balaban J connectivity index is 1.22. The van der Waals surface area contributed by atoms with Crippen molar-refractivity contribution in [2.45, 2.75) is 6.61 Å². The third-order valence-corrected chi connectivity index (χ3v) is 4.59. The van der Waals surface area contributed by atoms with Gasteiger partial charge in [-0.05, 0) is 24.3 Å². The van der Waals surface area contributed by atoms with Crippen LogP contribution in [-0.2, 0) is 16.1 Å². The van der Waals surface area contributed by atoms with Crippen LogP contribution in [0.5, 0.6) is 0 Å². The molecule has 0 N–H and O–H groups in total. The number of carbonyl (C=O) groups excluding carboxylic acids is 1. The van der Waals surface area contributed by atoms with Crippen LogP contribution >= 0.6 is 0 Å². The molecule has 144 valence electrons. The number of amides is 1. The Labute approximate surface area is 162 Å². The minimum absolute atomic E-state index is 0.00402. The molecule has 0 radical (unpaired) electrons. The topological polar surface area (TPSA) is 84.6 Å². The second-order valence-electron chi connectivity index (χ2n) is 6.45. The summed E-state index contributed by atoms with van der Waals surface area (Å²) in [6.07, 6.45) is 3.34. The predicted molar refractivity (Wildman–Crippen MR) is 102 cm³/mol. The molecule has 28 heavy (non-hydrogen) atoms. The highest BCUT2D eigenvalue weighted by molar-refractivity contribution is 5.77. The molecule has 4 rings (SSSR count). The van der Waals surface area contributed by atoms with E-state index in [2.05, 4.69) is 32.2 Å². The van der Waals surface area contributed by atoms with Gasteiger partial charge in [0.1, 0.15) is 13.2 Å². The lowest BCUT2D eigenvalue weighted by atomic mass is 10.2. The van der Waals surface area contributed by atoms with Gasteiger partial charge in [0, 0.05) is 49.8 Å². The zero-order valence-corrected chi connectivity index (χ0v) is 15.4. The van der Waals surface area contributed by atoms with Crippen LogP contribution in [0.3, 0.4) is 0 Å². The molecule has 3 aromatic rings. The molecular formula is C20H21N5O3. The van der Waals surface area contributed by atoms with Crippen molar-refractivity contribution in [3.8, 4) is 11.4 Å². The number of rotatable bonds is 6. The Bertz CT molecular complexity index is 892. The number of hydrogen-bond acceptors (Lipinski definition) is 7. The number of pyridine rings is 1. The predicted octanol–water partition coefficient (Wildman–Crippen LogP) is 2.00. The molecule has 0 bridgehead atoms. The monoisotopic (exact) mass is 379 g/mol. The minimum atomic E-state index is -0.0280. The highest BCUT2D eigenvalue weighted by Crippen LogP contribution is 2.16. The van der Waals surface area contributed by atoms with E-state index in [0.29, 0.717) is 24.8 Å². The fourth-order valence-electron chi connectivity index (χ4n) is 3.10. The smallest absolute Gasteiger partial charge is 0.252 e. The van der Waals surface area contributed by atoms with E-state index in [9.17, 15) is 4.79 Å². The lowest BCUT2D eigenvalue weighted by Gasteiger charge is -2.36. The quantitative estimate of drug-likeness (QED) is 0.647. The van der Waals surface area contributed by atoms with E-state index >= 15 is 0 Å². The summed E-state index contributed by atoms with van der Waals surface area (Å²) in [6, 6.07) is 13.9. The first kappa shape index (κ1) is 18.1. The molecule has 2 aromatic heterocycles. The van der Waals surface area contributed by atoms with E-state index in [0.717, 1.165) is 18.7 Å². The van der Waals surface area contributed by atoms with Gasteiger partial charge in [0.2, 0.25) is 11.7 Å². The molecule has 1 aliphatic rings. The third-order valence-electron chi connectivity index (χ3n) is 4.59. The lowest BCUT2D eigenvalue weighted by Crippen LogP contribution is -2.49. The zero-order chi connectivity index (χ0) is 19.2. The lowest BCUT2D eigenvalue weighted by molar-refractivity contribution is -0.137. The molecule has 1 amide bonds. The number of benzene rings is 1. The number of carbonyl (C=O) groups is 1. The van der Waals surface area contributed by atoms with Gasteiger partial charge in [0.05, 0.1) is 0 Å². The molecule has 0 spiro atoms. The fourth-order valence-corrected chi connectivity index (χ4v) is 3.10. The number of hydrogen-bond donors (Lipinski definition) is 0. The Morgan fingerprint density at radius 2 is 1.89 bits per heavy atom. The van der Waals surface area contributed by atoms with Gasteiger partial charge in [0.25, 0.3) is 5.89 Å². The van der Waals surface area contributed by atoms with Crippen LogP contribution in [0.1, 0.15) is 5.89 Å². The Morgan fingerprint density at radius 3 is 2.64 bits per heavy atom. The Hall–Kier alpha value is -3.26. The molecule has 1 saturated heterocycles. The van der Waals surface area contributed by atoms with Gasteiger partial charge in [-0.1, -0.05) is 23.4 Å². The number of anilines is 1. The van der Waals surface area contributed by atoms with E-state index in [1.807, 2.05) is 29.2 Å². The van der Waals surface area contributed by atoms with Crippen LogP contribution in [0.15, 0.2) is 59.4 Å². The van der Waals surface area contributed by atoms with Gasteiger partial charge < -0.3 is 19.1 Å². The summed E-state index contributed by atoms with van der Waals surface area (Å²) in [5.74, 6) is 0.760. The molecule has 0 aliphatic carbocycles. The molecule has 0 saturated carbocycles. The summed E-state index contributed by atoms with van der Waals surface area (Å²) in [5, 5.41) is 3.90. The molecule has 0 unspecified atom stereocenters. The van der Waals surface area contributed by atoms with Gasteiger partial charge in [0.15, 0.2) is 0 Å². The average Bonchev–Trinajstić information content (AvgIpc) is 3.24. The first-order valence-electron chi connectivity index (χ1n) is 9.18. The summed E-state index contributed by atoms with van der Waals surface area (Å²) in [7, 11) is 0. The zero-order valence-electron chi connectivity index (χ0n) is 15.4. The van der Waals surface area contributed by atoms with Crippen LogP contribution in [0.25, 0.3) is 11.4 Å². The molecular weight excluding hydrogens is 358 g/mol. The Morgan fingerprint density at radius 1 is 1.07 bits per heavy atom. The number of nitrogens with zero attached hydrogens (tertiary/aromatic N) is 5. The van der Waals surface area contributed by atoms with E-state index < -0.39 is 0 Å². The average molecular weight is 379 g/mol. The highest BCUT2D eigenvalue weighted by Gasteiger charge is 2.21. The number of piperazine rings is 1. The van der Waals surface area contributed by atoms with Gasteiger partial charge >= 0.3 is 0 Å². The van der Waals surface area contributed by atoms with E-state index in [1.54, 1.807) is 18.5 Å². The first-order valence-corrected chi connectivity index (χ1v) is 9.18. The first-order chi connectivity index (χ1) is 13.8.